The van der Waals surface area contributed by atoms with Gasteiger partial charge in [-0.3, -0.25) is 9.69 Å². The van der Waals surface area contributed by atoms with Gasteiger partial charge >= 0.3 is 0 Å². The first-order valence-electron chi connectivity index (χ1n) is 11.2. The Hall–Kier alpha value is -2.86. The molecule has 1 amide bonds. The van der Waals surface area contributed by atoms with Crippen LogP contribution in [0.4, 0.5) is 0 Å². The minimum absolute atomic E-state index is 0.0542. The summed E-state index contributed by atoms with van der Waals surface area (Å²) >= 11 is 0. The van der Waals surface area contributed by atoms with Gasteiger partial charge in [0.05, 0.1) is 18.3 Å². The van der Waals surface area contributed by atoms with E-state index < -0.39 is 0 Å². The Morgan fingerprint density at radius 3 is 2.71 bits per heavy atom. The number of likely N-dealkylation sites (tertiary alicyclic amines) is 1. The quantitative estimate of drug-likeness (QED) is 0.742. The van der Waals surface area contributed by atoms with Crippen LogP contribution in [0.1, 0.15) is 55.3 Å². The minimum atomic E-state index is -0.140. The van der Waals surface area contributed by atoms with Crippen LogP contribution in [0.5, 0.6) is 11.5 Å². The Morgan fingerprint density at radius 2 is 1.90 bits per heavy atom. The van der Waals surface area contributed by atoms with E-state index in [2.05, 4.69) is 43.0 Å². The average molecular weight is 420 g/mol. The molecule has 0 radical (unpaired) electrons. The highest BCUT2D eigenvalue weighted by atomic mass is 16.7. The summed E-state index contributed by atoms with van der Waals surface area (Å²) in [6, 6.07) is 14.6. The van der Waals surface area contributed by atoms with E-state index in [9.17, 15) is 4.79 Å². The van der Waals surface area contributed by atoms with Gasteiger partial charge in [-0.15, -0.1) is 0 Å². The number of carbonyl (C=O) groups excluding carboxylic acids is 1. The second kappa shape index (κ2) is 8.35. The summed E-state index contributed by atoms with van der Waals surface area (Å²) in [6.45, 7) is 5.92. The number of amides is 1. The summed E-state index contributed by atoms with van der Waals surface area (Å²) in [5.41, 5.74) is 4.25. The number of rotatable bonds is 4. The van der Waals surface area contributed by atoms with Crippen LogP contribution in [0.3, 0.4) is 0 Å². The summed E-state index contributed by atoms with van der Waals surface area (Å²) in [5, 5.41) is 6.53. The molecule has 2 aromatic rings. The zero-order chi connectivity index (χ0) is 21.4. The topological polar surface area (TPSA) is 54.4 Å². The van der Waals surface area contributed by atoms with Crippen LogP contribution < -0.4 is 9.47 Å². The summed E-state index contributed by atoms with van der Waals surface area (Å²) in [5.74, 6) is 1.54. The predicted molar refractivity (Wildman–Crippen MR) is 119 cm³/mol. The van der Waals surface area contributed by atoms with Gasteiger partial charge in [0.1, 0.15) is 0 Å². The minimum Gasteiger partial charge on any atom is -0.454 e. The van der Waals surface area contributed by atoms with Gasteiger partial charge in [-0.1, -0.05) is 42.3 Å². The van der Waals surface area contributed by atoms with E-state index in [0.717, 1.165) is 47.7 Å². The van der Waals surface area contributed by atoms with Gasteiger partial charge in [0.15, 0.2) is 11.5 Å². The van der Waals surface area contributed by atoms with E-state index in [-0.39, 0.29) is 18.7 Å². The van der Waals surface area contributed by atoms with Crippen molar-refractivity contribution in [3.05, 3.63) is 59.2 Å². The average Bonchev–Trinajstić information content (AvgIpc) is 3.42. The Morgan fingerprint density at radius 1 is 1.10 bits per heavy atom. The fourth-order valence-corrected chi connectivity index (χ4v) is 4.68. The first kappa shape index (κ1) is 20.1. The lowest BCUT2D eigenvalue weighted by Gasteiger charge is -2.34. The van der Waals surface area contributed by atoms with Crippen molar-refractivity contribution in [1.29, 1.82) is 0 Å². The van der Waals surface area contributed by atoms with Crippen LogP contribution in [0.25, 0.3) is 0 Å². The summed E-state index contributed by atoms with van der Waals surface area (Å²) in [7, 11) is 0. The molecule has 5 rings (SSSR count). The number of benzene rings is 2. The zero-order valence-electron chi connectivity index (χ0n) is 18.2. The van der Waals surface area contributed by atoms with Crippen molar-refractivity contribution in [2.75, 3.05) is 19.9 Å². The van der Waals surface area contributed by atoms with Gasteiger partial charge in [-0.25, -0.2) is 5.01 Å². The number of carbonyl (C=O) groups is 1. The number of hydrazone groups is 1. The van der Waals surface area contributed by atoms with Gasteiger partial charge < -0.3 is 9.47 Å². The standard InChI is InChI=1S/C25H29N3O3/c1-17-6-8-19(9-7-17)21-14-22(20-10-11-23-24(13-20)31-16-30-23)28(26-21)25(29)15-27-12-4-3-5-18(27)2/h6-11,13,18,22H,3-5,12,14-16H2,1-2H3. The summed E-state index contributed by atoms with van der Waals surface area (Å²) < 4.78 is 11.0. The maximum absolute atomic E-state index is 13.4. The largest absolute Gasteiger partial charge is 0.454 e. The molecule has 2 aromatic carbocycles. The van der Waals surface area contributed by atoms with Gasteiger partial charge in [0.25, 0.3) is 5.91 Å². The number of fused-ring (bicyclic) bond motifs is 1. The first-order valence-corrected chi connectivity index (χ1v) is 11.2. The number of aryl methyl sites for hydroxylation is 1. The van der Waals surface area contributed by atoms with Crippen LogP contribution in [0, 0.1) is 6.92 Å². The van der Waals surface area contributed by atoms with Crippen LogP contribution in [0.15, 0.2) is 47.6 Å². The first-order chi connectivity index (χ1) is 15.1. The molecule has 6 nitrogen and oxygen atoms in total. The van der Waals surface area contributed by atoms with E-state index >= 15 is 0 Å². The third kappa shape index (κ3) is 4.04. The second-order valence-corrected chi connectivity index (χ2v) is 8.80. The second-order valence-electron chi connectivity index (χ2n) is 8.80. The van der Waals surface area contributed by atoms with E-state index in [1.54, 1.807) is 5.01 Å². The van der Waals surface area contributed by atoms with Gasteiger partial charge in [-0.05, 0) is 56.5 Å². The van der Waals surface area contributed by atoms with Crippen molar-refractivity contribution >= 4 is 11.6 Å². The molecule has 3 aliphatic heterocycles. The molecule has 3 heterocycles. The Labute approximate surface area is 183 Å². The van der Waals surface area contributed by atoms with Crippen molar-refractivity contribution in [1.82, 2.24) is 9.91 Å². The third-order valence-electron chi connectivity index (χ3n) is 6.61. The molecule has 0 saturated carbocycles. The molecule has 0 aliphatic carbocycles. The smallest absolute Gasteiger partial charge is 0.257 e. The van der Waals surface area contributed by atoms with Gasteiger partial charge in [-0.2, -0.15) is 5.10 Å². The van der Waals surface area contributed by atoms with Crippen molar-refractivity contribution < 1.29 is 14.3 Å². The highest BCUT2D eigenvalue weighted by Gasteiger charge is 2.35. The molecular weight excluding hydrogens is 390 g/mol. The lowest BCUT2D eigenvalue weighted by molar-refractivity contribution is -0.135. The molecule has 1 saturated heterocycles. The normalized spacial score (nSPS) is 23.2. The number of hydrogen-bond donors (Lipinski definition) is 0. The third-order valence-corrected chi connectivity index (χ3v) is 6.61. The zero-order valence-corrected chi connectivity index (χ0v) is 18.2. The highest BCUT2D eigenvalue weighted by molar-refractivity contribution is 6.03. The molecule has 0 N–H and O–H groups in total. The van der Waals surface area contributed by atoms with Crippen molar-refractivity contribution in [2.45, 2.75) is 51.6 Å². The number of ether oxygens (including phenoxy) is 2. The highest BCUT2D eigenvalue weighted by Crippen LogP contribution is 2.39. The monoisotopic (exact) mass is 419 g/mol. The molecular formula is C25H29N3O3. The maximum Gasteiger partial charge on any atom is 0.257 e. The lowest BCUT2D eigenvalue weighted by atomic mass is 9.97. The van der Waals surface area contributed by atoms with E-state index in [1.807, 2.05) is 18.2 Å². The molecule has 1 fully saturated rings. The molecule has 0 bridgehead atoms. The Kier molecular flexibility index (Phi) is 5.40. The fourth-order valence-electron chi connectivity index (χ4n) is 4.68. The molecule has 2 atom stereocenters. The number of nitrogens with zero attached hydrogens (tertiary/aromatic N) is 3. The van der Waals surface area contributed by atoms with Crippen molar-refractivity contribution in [3.8, 4) is 11.5 Å². The molecule has 0 aromatic heterocycles. The molecule has 3 aliphatic rings. The molecule has 6 heteroatoms. The van der Waals surface area contributed by atoms with Gasteiger partial charge in [0.2, 0.25) is 6.79 Å². The molecule has 162 valence electrons. The van der Waals surface area contributed by atoms with E-state index in [1.165, 1.54) is 12.0 Å². The van der Waals surface area contributed by atoms with E-state index in [4.69, 9.17) is 14.6 Å². The fraction of sp³-hybridized carbons (Fsp3) is 0.440. The van der Waals surface area contributed by atoms with Crippen LogP contribution in [-0.4, -0.2) is 47.5 Å². The van der Waals surface area contributed by atoms with E-state index in [0.29, 0.717) is 19.0 Å². The Balaban J connectivity index is 1.44. The maximum atomic E-state index is 13.4. The van der Waals surface area contributed by atoms with Crippen LogP contribution in [-0.2, 0) is 4.79 Å². The number of piperidine rings is 1. The Bertz CT molecular complexity index is 1000. The lowest BCUT2D eigenvalue weighted by Crippen LogP contribution is -2.44. The summed E-state index contributed by atoms with van der Waals surface area (Å²) in [4.78, 5) is 15.7. The molecule has 0 spiro atoms. The predicted octanol–water partition coefficient (Wildman–Crippen LogP) is 4.28. The van der Waals surface area contributed by atoms with Crippen molar-refractivity contribution in [2.24, 2.45) is 5.10 Å². The summed E-state index contributed by atoms with van der Waals surface area (Å²) in [6.07, 6.45) is 4.23. The SMILES string of the molecule is Cc1ccc(C2=NN(C(=O)CN3CCCCC3C)C(c3ccc4c(c3)OCO4)C2)cc1. The molecule has 31 heavy (non-hydrogen) atoms. The number of hydrogen-bond acceptors (Lipinski definition) is 5. The van der Waals surface area contributed by atoms with Crippen LogP contribution >= 0.6 is 0 Å². The molecule has 2 unspecified atom stereocenters. The van der Waals surface area contributed by atoms with Gasteiger partial charge in [0, 0.05) is 12.5 Å². The van der Waals surface area contributed by atoms with Crippen molar-refractivity contribution in [3.63, 3.8) is 0 Å². The van der Waals surface area contributed by atoms with Crippen LogP contribution in [0.2, 0.25) is 0 Å².